The molecule has 1 rings (SSSR count). The summed E-state index contributed by atoms with van der Waals surface area (Å²) in [7, 11) is 0. The lowest BCUT2D eigenvalue weighted by molar-refractivity contribution is -0.384. The van der Waals surface area contributed by atoms with E-state index in [1.54, 1.807) is 41.5 Å². The fourth-order valence-electron chi connectivity index (χ4n) is 1.60. The van der Waals surface area contributed by atoms with Crippen molar-refractivity contribution in [3.05, 3.63) is 27.9 Å². The number of pyridine rings is 1. The number of carbonyl (C=O) groups excluding carboxylic acids is 1. The van der Waals surface area contributed by atoms with Crippen molar-refractivity contribution in [2.45, 2.75) is 52.7 Å². The summed E-state index contributed by atoms with van der Waals surface area (Å²) in [4.78, 5) is 43.1. The Morgan fingerprint density at radius 2 is 1.76 bits per heavy atom. The molecule has 1 aromatic rings. The topological polar surface area (TPSA) is 132 Å². The maximum Gasteiger partial charge on any atom is 0.441 e. The fraction of sp³-hybridized carbons (Fsp3) is 0.533. The number of hydrogen-bond acceptors (Lipinski definition) is 7. The van der Waals surface area contributed by atoms with Gasteiger partial charge in [-0.1, -0.05) is 0 Å². The van der Waals surface area contributed by atoms with E-state index in [1.807, 2.05) is 0 Å². The Morgan fingerprint density at radius 1 is 1.20 bits per heavy atom. The molecule has 1 amide bonds. The minimum Gasteiger partial charge on any atom is -0.478 e. The Kier molecular flexibility index (Phi) is 5.69. The van der Waals surface area contributed by atoms with Crippen LogP contribution in [-0.2, 0) is 9.57 Å². The number of hydrogen-bond donors (Lipinski definition) is 1. The maximum absolute atomic E-state index is 12.4. The van der Waals surface area contributed by atoms with Gasteiger partial charge >= 0.3 is 17.7 Å². The predicted octanol–water partition coefficient (Wildman–Crippen LogP) is 3.16. The Labute approximate surface area is 144 Å². The minimum absolute atomic E-state index is 0.393. The second-order valence-corrected chi connectivity index (χ2v) is 7.11. The van der Waals surface area contributed by atoms with Gasteiger partial charge in [0.05, 0.1) is 16.1 Å². The Morgan fingerprint density at radius 3 is 2.16 bits per heavy atom. The molecular weight excluding hydrogens is 334 g/mol. The SMILES string of the molecule is CC(C)(C)OC(=O)N(OC(C)(C)C)c1ncc(C(=O)O)cc1[N+](=O)[O-]. The van der Waals surface area contributed by atoms with Crippen molar-refractivity contribution in [1.82, 2.24) is 4.98 Å². The molecule has 0 fully saturated rings. The predicted molar refractivity (Wildman–Crippen MR) is 87.4 cm³/mol. The van der Waals surface area contributed by atoms with Crippen LogP contribution < -0.4 is 5.06 Å². The van der Waals surface area contributed by atoms with E-state index >= 15 is 0 Å². The third kappa shape index (κ3) is 5.99. The van der Waals surface area contributed by atoms with Gasteiger partial charge in [-0.2, -0.15) is 0 Å². The van der Waals surface area contributed by atoms with Gasteiger partial charge in [0.25, 0.3) is 0 Å². The highest BCUT2D eigenvalue weighted by Crippen LogP contribution is 2.30. The molecule has 0 aromatic carbocycles. The van der Waals surface area contributed by atoms with Crippen LogP contribution in [-0.4, -0.2) is 38.3 Å². The van der Waals surface area contributed by atoms with Crippen molar-refractivity contribution in [2.24, 2.45) is 0 Å². The number of hydroxylamine groups is 1. The van der Waals surface area contributed by atoms with Crippen LogP contribution in [0.5, 0.6) is 0 Å². The van der Waals surface area contributed by atoms with Crippen LogP contribution in [0, 0.1) is 10.1 Å². The molecule has 0 unspecified atom stereocenters. The molecule has 0 radical (unpaired) electrons. The molecule has 0 atom stereocenters. The van der Waals surface area contributed by atoms with E-state index in [0.717, 1.165) is 12.3 Å². The highest BCUT2D eigenvalue weighted by molar-refractivity contribution is 5.91. The summed E-state index contributed by atoms with van der Waals surface area (Å²) in [6.07, 6.45) is -0.116. The van der Waals surface area contributed by atoms with Crippen LogP contribution in [0.15, 0.2) is 12.3 Å². The fourth-order valence-corrected chi connectivity index (χ4v) is 1.60. The molecule has 0 saturated heterocycles. The molecule has 138 valence electrons. The van der Waals surface area contributed by atoms with Crippen LogP contribution in [0.2, 0.25) is 0 Å². The zero-order valence-electron chi connectivity index (χ0n) is 14.9. The molecule has 0 aliphatic heterocycles. The molecule has 1 aromatic heterocycles. The normalized spacial score (nSPS) is 11.8. The number of aromatic carboxylic acids is 1. The molecule has 0 bridgehead atoms. The summed E-state index contributed by atoms with van der Waals surface area (Å²) in [6, 6.07) is 0.800. The Bertz CT molecular complexity index is 689. The highest BCUT2D eigenvalue weighted by atomic mass is 16.7. The summed E-state index contributed by atoms with van der Waals surface area (Å²) in [5.74, 6) is -1.86. The molecule has 0 saturated carbocycles. The average molecular weight is 355 g/mol. The first-order chi connectivity index (χ1) is 11.2. The first-order valence-electron chi connectivity index (χ1n) is 7.31. The largest absolute Gasteiger partial charge is 0.478 e. The first-order valence-corrected chi connectivity index (χ1v) is 7.31. The van der Waals surface area contributed by atoms with Gasteiger partial charge in [0, 0.05) is 12.3 Å². The molecule has 0 spiro atoms. The zero-order chi connectivity index (χ0) is 19.6. The van der Waals surface area contributed by atoms with Gasteiger partial charge in [-0.05, 0) is 41.5 Å². The molecule has 1 heterocycles. The van der Waals surface area contributed by atoms with E-state index in [0.29, 0.717) is 5.06 Å². The third-order valence-electron chi connectivity index (χ3n) is 2.41. The first kappa shape index (κ1) is 20.3. The van der Waals surface area contributed by atoms with E-state index < -0.39 is 45.3 Å². The van der Waals surface area contributed by atoms with E-state index in [2.05, 4.69) is 4.98 Å². The lowest BCUT2D eigenvalue weighted by atomic mass is 10.2. The van der Waals surface area contributed by atoms with Crippen molar-refractivity contribution >= 4 is 23.6 Å². The lowest BCUT2D eigenvalue weighted by Crippen LogP contribution is -2.42. The summed E-state index contributed by atoms with van der Waals surface area (Å²) in [6.45, 7) is 9.74. The number of carboxylic acids is 1. The Balaban J connectivity index is 3.46. The van der Waals surface area contributed by atoms with Crippen molar-refractivity contribution in [3.63, 3.8) is 0 Å². The molecular formula is C15H21N3O7. The molecule has 10 heteroatoms. The summed E-state index contributed by atoms with van der Waals surface area (Å²) < 4.78 is 5.20. The number of nitrogens with zero attached hydrogens (tertiary/aromatic N) is 3. The Hall–Kier alpha value is -2.75. The van der Waals surface area contributed by atoms with Crippen LogP contribution in [0.25, 0.3) is 0 Å². The van der Waals surface area contributed by atoms with Gasteiger partial charge < -0.3 is 9.84 Å². The molecule has 1 N–H and O–H groups in total. The maximum atomic E-state index is 12.4. The smallest absolute Gasteiger partial charge is 0.441 e. The number of amides is 1. The standard InChI is InChI=1S/C15H21N3O7/c1-14(2,3)24-13(21)17(25-15(4,5)6)11-10(18(22)23)7-9(8-16-11)12(19)20/h7-8H,1-6H3,(H,19,20). The molecule has 10 nitrogen and oxygen atoms in total. The minimum atomic E-state index is -1.39. The average Bonchev–Trinajstić information content (AvgIpc) is 2.41. The quantitative estimate of drug-likeness (QED) is 0.643. The van der Waals surface area contributed by atoms with Crippen molar-refractivity contribution in [2.75, 3.05) is 5.06 Å². The molecule has 0 aliphatic rings. The van der Waals surface area contributed by atoms with Gasteiger partial charge in [0.1, 0.15) is 5.60 Å². The molecule has 0 aliphatic carbocycles. The zero-order valence-corrected chi connectivity index (χ0v) is 14.9. The van der Waals surface area contributed by atoms with E-state index in [1.165, 1.54) is 0 Å². The van der Waals surface area contributed by atoms with Gasteiger partial charge in [-0.15, -0.1) is 5.06 Å². The third-order valence-corrected chi connectivity index (χ3v) is 2.41. The number of aromatic nitrogens is 1. The van der Waals surface area contributed by atoms with Crippen molar-refractivity contribution < 1.29 is 29.2 Å². The lowest BCUT2D eigenvalue weighted by Gasteiger charge is -2.30. The van der Waals surface area contributed by atoms with E-state index in [4.69, 9.17) is 14.7 Å². The van der Waals surface area contributed by atoms with Gasteiger partial charge in [-0.3, -0.25) is 15.0 Å². The van der Waals surface area contributed by atoms with Crippen LogP contribution in [0.1, 0.15) is 51.9 Å². The summed E-state index contributed by atoms with van der Waals surface area (Å²) in [5.41, 5.74) is -2.88. The highest BCUT2D eigenvalue weighted by Gasteiger charge is 2.35. The number of carbonyl (C=O) groups is 2. The number of ether oxygens (including phenoxy) is 1. The van der Waals surface area contributed by atoms with Crippen LogP contribution >= 0.6 is 0 Å². The second-order valence-electron chi connectivity index (χ2n) is 7.11. The monoisotopic (exact) mass is 355 g/mol. The van der Waals surface area contributed by atoms with Gasteiger partial charge in [-0.25, -0.2) is 14.6 Å². The van der Waals surface area contributed by atoms with Crippen LogP contribution in [0.3, 0.4) is 0 Å². The van der Waals surface area contributed by atoms with Crippen molar-refractivity contribution in [1.29, 1.82) is 0 Å². The molecule has 25 heavy (non-hydrogen) atoms. The van der Waals surface area contributed by atoms with Crippen LogP contribution in [0.4, 0.5) is 16.3 Å². The number of anilines is 1. The second kappa shape index (κ2) is 7.01. The number of carboxylic acid groups (broad SMARTS) is 1. The van der Waals surface area contributed by atoms with E-state index in [-0.39, 0.29) is 0 Å². The van der Waals surface area contributed by atoms with Gasteiger partial charge in [0.15, 0.2) is 0 Å². The van der Waals surface area contributed by atoms with E-state index in [9.17, 15) is 19.7 Å². The van der Waals surface area contributed by atoms with Crippen molar-refractivity contribution in [3.8, 4) is 0 Å². The summed E-state index contributed by atoms with van der Waals surface area (Å²) in [5, 5.41) is 20.8. The summed E-state index contributed by atoms with van der Waals surface area (Å²) >= 11 is 0. The number of nitro groups is 1. The number of rotatable bonds is 4. The van der Waals surface area contributed by atoms with Gasteiger partial charge in [0.2, 0.25) is 5.82 Å².